The molecular weight excluding hydrogens is 382 g/mol. The molecule has 0 fully saturated rings. The highest BCUT2D eigenvalue weighted by Crippen LogP contribution is 2.35. The minimum absolute atomic E-state index is 0.00663. The molecule has 0 bridgehead atoms. The van der Waals surface area contributed by atoms with Gasteiger partial charge in [-0.15, -0.1) is 5.54 Å². The summed E-state index contributed by atoms with van der Waals surface area (Å²) in [5, 5.41) is 6.78. The summed E-state index contributed by atoms with van der Waals surface area (Å²) in [6.45, 7) is 8.90. The first kappa shape index (κ1) is 21.6. The lowest BCUT2D eigenvalue weighted by molar-refractivity contribution is 0.213. The summed E-state index contributed by atoms with van der Waals surface area (Å²) in [5.74, 6) is 3.57. The SMILES string of the molecule is CO/N=C(\C)c1ccccc1C#C[Si](c1ccccc1)(c1ccccc1)C(C)(C)C. The van der Waals surface area contributed by atoms with Crippen LogP contribution >= 0.6 is 0 Å². The van der Waals surface area contributed by atoms with E-state index in [0.29, 0.717) is 0 Å². The number of hydrogen-bond acceptors (Lipinski definition) is 2. The van der Waals surface area contributed by atoms with Gasteiger partial charge >= 0.3 is 0 Å². The molecule has 3 heteroatoms. The minimum atomic E-state index is -2.44. The van der Waals surface area contributed by atoms with Gasteiger partial charge in [-0.2, -0.15) is 0 Å². The van der Waals surface area contributed by atoms with E-state index >= 15 is 0 Å². The van der Waals surface area contributed by atoms with Crippen LogP contribution in [0.15, 0.2) is 90.1 Å². The molecule has 30 heavy (non-hydrogen) atoms. The van der Waals surface area contributed by atoms with Crippen LogP contribution in [0.4, 0.5) is 0 Å². The Morgan fingerprint density at radius 2 is 1.30 bits per heavy atom. The van der Waals surface area contributed by atoms with Crippen LogP contribution in [0.25, 0.3) is 0 Å². The van der Waals surface area contributed by atoms with E-state index in [4.69, 9.17) is 4.84 Å². The topological polar surface area (TPSA) is 21.6 Å². The van der Waals surface area contributed by atoms with Gasteiger partial charge in [0.1, 0.15) is 7.11 Å². The first-order valence-corrected chi connectivity index (χ1v) is 12.2. The Hall–Kier alpha value is -3.09. The first-order valence-electron chi connectivity index (χ1n) is 10.2. The molecule has 0 atom stereocenters. The van der Waals surface area contributed by atoms with Gasteiger partial charge in [-0.05, 0) is 28.4 Å². The second kappa shape index (κ2) is 9.15. The van der Waals surface area contributed by atoms with Crippen LogP contribution in [0.3, 0.4) is 0 Å². The van der Waals surface area contributed by atoms with E-state index in [1.54, 1.807) is 7.11 Å². The number of nitrogens with zero attached hydrogens (tertiary/aromatic N) is 1. The second-order valence-corrected chi connectivity index (χ2v) is 12.8. The van der Waals surface area contributed by atoms with Gasteiger partial charge in [0.25, 0.3) is 0 Å². The molecule has 0 heterocycles. The molecule has 0 saturated carbocycles. The van der Waals surface area contributed by atoms with Crippen LogP contribution in [-0.4, -0.2) is 20.9 Å². The normalized spacial score (nSPS) is 12.1. The quantitative estimate of drug-likeness (QED) is 0.256. The van der Waals surface area contributed by atoms with E-state index < -0.39 is 8.07 Å². The van der Waals surface area contributed by atoms with Gasteiger partial charge in [0.15, 0.2) is 0 Å². The lowest BCUT2D eigenvalue weighted by Gasteiger charge is -2.39. The van der Waals surface area contributed by atoms with Crippen molar-refractivity contribution in [3.8, 4) is 11.5 Å². The fourth-order valence-corrected chi connectivity index (χ4v) is 8.43. The molecule has 3 aromatic rings. The third kappa shape index (κ3) is 4.25. The van der Waals surface area contributed by atoms with Gasteiger partial charge in [0.2, 0.25) is 8.07 Å². The Morgan fingerprint density at radius 1 is 0.800 bits per heavy atom. The molecule has 3 rings (SSSR count). The number of rotatable bonds is 4. The number of benzene rings is 3. The lowest BCUT2D eigenvalue weighted by atomic mass is 10.0. The van der Waals surface area contributed by atoms with Crippen LogP contribution in [0, 0.1) is 11.5 Å². The Kier molecular flexibility index (Phi) is 6.59. The van der Waals surface area contributed by atoms with Crippen molar-refractivity contribution in [3.63, 3.8) is 0 Å². The summed E-state index contributed by atoms with van der Waals surface area (Å²) >= 11 is 0. The van der Waals surface area contributed by atoms with Gasteiger partial charge in [-0.1, -0.05) is 111 Å². The molecule has 0 radical (unpaired) electrons. The molecule has 0 spiro atoms. The monoisotopic (exact) mass is 411 g/mol. The van der Waals surface area contributed by atoms with Crippen molar-refractivity contribution in [1.29, 1.82) is 0 Å². The summed E-state index contributed by atoms with van der Waals surface area (Å²) in [4.78, 5) is 5.00. The summed E-state index contributed by atoms with van der Waals surface area (Å²) in [6, 6.07) is 29.7. The molecule has 3 aromatic carbocycles. The van der Waals surface area contributed by atoms with Crippen molar-refractivity contribution in [3.05, 3.63) is 96.1 Å². The number of oxime groups is 1. The van der Waals surface area contributed by atoms with Crippen molar-refractivity contribution in [2.75, 3.05) is 7.11 Å². The molecule has 0 unspecified atom stereocenters. The van der Waals surface area contributed by atoms with Gasteiger partial charge < -0.3 is 4.84 Å². The van der Waals surface area contributed by atoms with Crippen LogP contribution in [0.2, 0.25) is 5.04 Å². The predicted molar refractivity (Wildman–Crippen MR) is 130 cm³/mol. The third-order valence-corrected chi connectivity index (χ3v) is 10.6. The average Bonchev–Trinajstić information content (AvgIpc) is 2.75. The van der Waals surface area contributed by atoms with Crippen LogP contribution in [0.5, 0.6) is 0 Å². The zero-order chi connectivity index (χ0) is 21.6. The fourth-order valence-electron chi connectivity index (χ4n) is 4.00. The Bertz CT molecular complexity index is 1030. The lowest BCUT2D eigenvalue weighted by Crippen LogP contribution is -2.63. The minimum Gasteiger partial charge on any atom is -0.399 e. The zero-order valence-corrected chi connectivity index (χ0v) is 19.4. The second-order valence-electron chi connectivity index (χ2n) is 8.39. The third-order valence-electron chi connectivity index (χ3n) is 5.47. The van der Waals surface area contributed by atoms with E-state index in [1.165, 1.54) is 10.4 Å². The summed E-state index contributed by atoms with van der Waals surface area (Å²) in [6.07, 6.45) is 0. The molecule has 0 amide bonds. The van der Waals surface area contributed by atoms with Crippen molar-refractivity contribution in [2.45, 2.75) is 32.7 Å². The molecule has 152 valence electrons. The molecule has 0 aliphatic rings. The van der Waals surface area contributed by atoms with Crippen molar-refractivity contribution < 1.29 is 4.84 Å². The molecule has 0 aliphatic carbocycles. The highest BCUT2D eigenvalue weighted by atomic mass is 28.3. The predicted octanol–water partition coefficient (Wildman–Crippen LogP) is 5.01. The van der Waals surface area contributed by atoms with E-state index in [1.807, 2.05) is 25.1 Å². The standard InChI is InChI=1S/C27H29NOSi/c1-22(28-29-5)26-19-13-12-14-23(26)20-21-30(27(2,3)4,24-15-8-6-9-16-24)25-17-10-7-11-18-25/h6-19H,1-5H3/b28-22+. The van der Waals surface area contributed by atoms with Crippen LogP contribution in [-0.2, 0) is 4.84 Å². The first-order chi connectivity index (χ1) is 14.4. The van der Waals surface area contributed by atoms with E-state index in [-0.39, 0.29) is 5.04 Å². The Morgan fingerprint density at radius 3 is 1.80 bits per heavy atom. The van der Waals surface area contributed by atoms with Gasteiger partial charge in [-0.25, -0.2) is 0 Å². The highest BCUT2D eigenvalue weighted by molar-refractivity contribution is 7.10. The van der Waals surface area contributed by atoms with Gasteiger partial charge in [-0.3, -0.25) is 0 Å². The van der Waals surface area contributed by atoms with Gasteiger partial charge in [0, 0.05) is 11.1 Å². The van der Waals surface area contributed by atoms with E-state index in [2.05, 4.69) is 104 Å². The maximum Gasteiger partial charge on any atom is 0.204 e. The van der Waals surface area contributed by atoms with E-state index in [9.17, 15) is 0 Å². The Labute approximate surface area is 181 Å². The van der Waals surface area contributed by atoms with Crippen LogP contribution in [0.1, 0.15) is 38.8 Å². The molecule has 0 saturated heterocycles. The molecule has 0 N–H and O–H groups in total. The number of hydrogen-bond donors (Lipinski definition) is 0. The van der Waals surface area contributed by atoms with Gasteiger partial charge in [0.05, 0.1) is 5.71 Å². The molecule has 0 aliphatic heterocycles. The summed E-state index contributed by atoms with van der Waals surface area (Å²) < 4.78 is 0. The highest BCUT2D eigenvalue weighted by Gasteiger charge is 2.47. The molecule has 0 aromatic heterocycles. The maximum absolute atomic E-state index is 5.00. The average molecular weight is 412 g/mol. The largest absolute Gasteiger partial charge is 0.399 e. The van der Waals surface area contributed by atoms with E-state index in [0.717, 1.165) is 16.8 Å². The molecular formula is C27H29NOSi. The van der Waals surface area contributed by atoms with Crippen molar-refractivity contribution >= 4 is 24.2 Å². The Balaban J connectivity index is 2.30. The van der Waals surface area contributed by atoms with Crippen molar-refractivity contribution in [2.24, 2.45) is 5.16 Å². The maximum atomic E-state index is 5.00. The zero-order valence-electron chi connectivity index (χ0n) is 18.4. The summed E-state index contributed by atoms with van der Waals surface area (Å²) in [7, 11) is -0.871. The van der Waals surface area contributed by atoms with Crippen molar-refractivity contribution in [1.82, 2.24) is 0 Å². The summed E-state index contributed by atoms with van der Waals surface area (Å²) in [5.41, 5.74) is 6.66. The molecule has 2 nitrogen and oxygen atoms in total. The fraction of sp³-hybridized carbons (Fsp3) is 0.222. The van der Waals surface area contributed by atoms with Crippen LogP contribution < -0.4 is 10.4 Å². The smallest absolute Gasteiger partial charge is 0.204 e.